The average Bonchev–Trinajstić information content (AvgIpc) is 2.20. The van der Waals surface area contributed by atoms with Crippen molar-refractivity contribution < 1.29 is 4.79 Å². The highest BCUT2D eigenvalue weighted by atomic mass is 35.5. The van der Waals surface area contributed by atoms with Crippen molar-refractivity contribution in [3.63, 3.8) is 0 Å². The van der Waals surface area contributed by atoms with Crippen molar-refractivity contribution in [3.05, 3.63) is 33.8 Å². The molecule has 0 saturated carbocycles. The van der Waals surface area contributed by atoms with Gasteiger partial charge in [0.1, 0.15) is 0 Å². The first-order valence-corrected chi connectivity index (χ1v) is 4.94. The van der Waals surface area contributed by atoms with Crippen LogP contribution in [0.5, 0.6) is 0 Å². The summed E-state index contributed by atoms with van der Waals surface area (Å²) in [6.45, 7) is 0. The summed E-state index contributed by atoms with van der Waals surface area (Å²) in [6, 6.07) is 4.62. The van der Waals surface area contributed by atoms with Crippen molar-refractivity contribution in [2.45, 2.75) is 0 Å². The molecule has 4 nitrogen and oxygen atoms in total. The molecule has 1 amide bonds. The Morgan fingerprint density at radius 3 is 2.53 bits per heavy atom. The van der Waals surface area contributed by atoms with E-state index in [2.05, 4.69) is 12.2 Å². The zero-order valence-corrected chi connectivity index (χ0v) is 9.73. The first kappa shape index (κ1) is 12.2. The van der Waals surface area contributed by atoms with Gasteiger partial charge in [0, 0.05) is 0 Å². The Hall–Kier alpha value is -0.880. The van der Waals surface area contributed by atoms with Crippen molar-refractivity contribution in [1.82, 2.24) is 5.01 Å². The van der Waals surface area contributed by atoms with Crippen LogP contribution in [0.3, 0.4) is 0 Å². The van der Waals surface area contributed by atoms with E-state index in [0.29, 0.717) is 5.01 Å². The van der Waals surface area contributed by atoms with Gasteiger partial charge in [0.05, 0.1) is 15.6 Å². The van der Waals surface area contributed by atoms with E-state index in [1.807, 2.05) is 0 Å². The van der Waals surface area contributed by atoms with Crippen molar-refractivity contribution in [1.29, 1.82) is 0 Å². The van der Waals surface area contributed by atoms with Crippen molar-refractivity contribution in [3.8, 4) is 0 Å². The van der Waals surface area contributed by atoms with Gasteiger partial charge in [-0.25, -0.2) is 10.9 Å². The van der Waals surface area contributed by atoms with Crippen LogP contribution in [0.25, 0.3) is 0 Å². The highest BCUT2D eigenvalue weighted by molar-refractivity contribution is 7.80. The topological polar surface area (TPSA) is 72.3 Å². The summed E-state index contributed by atoms with van der Waals surface area (Å²) in [4.78, 5) is 11.6. The number of nitrogens with zero attached hydrogens (tertiary/aromatic N) is 1. The Balaban J connectivity index is 3.12. The van der Waals surface area contributed by atoms with Crippen molar-refractivity contribution >= 4 is 46.4 Å². The molecule has 1 aromatic rings. The summed E-state index contributed by atoms with van der Waals surface area (Å²) in [7, 11) is 0. The Labute approximate surface area is 102 Å². The third-order valence-corrected chi connectivity index (χ3v) is 2.65. The van der Waals surface area contributed by atoms with Crippen LogP contribution in [0.15, 0.2) is 18.2 Å². The third-order valence-electron chi connectivity index (χ3n) is 1.64. The van der Waals surface area contributed by atoms with Crippen LogP contribution in [-0.2, 0) is 0 Å². The number of nitrogens with two attached hydrogens (primary N) is 2. The van der Waals surface area contributed by atoms with Crippen LogP contribution in [0, 0.1) is 0 Å². The molecule has 4 N–H and O–H groups in total. The van der Waals surface area contributed by atoms with E-state index in [0.717, 1.165) is 0 Å². The highest BCUT2D eigenvalue weighted by Gasteiger charge is 2.18. The number of benzene rings is 1. The molecular formula is C8H7Cl2N3OS. The maximum Gasteiger partial charge on any atom is 0.275 e. The third kappa shape index (κ3) is 2.57. The molecule has 0 aromatic heterocycles. The van der Waals surface area contributed by atoms with Gasteiger partial charge in [-0.15, -0.1) is 0 Å². The largest absolute Gasteiger partial charge is 0.375 e. The zero-order chi connectivity index (χ0) is 11.6. The summed E-state index contributed by atoms with van der Waals surface area (Å²) in [6.07, 6.45) is 0. The number of carbonyl (C=O) groups is 1. The van der Waals surface area contributed by atoms with Gasteiger partial charge in [-0.1, -0.05) is 29.3 Å². The summed E-state index contributed by atoms with van der Waals surface area (Å²) >= 11 is 16.1. The maximum atomic E-state index is 11.6. The Morgan fingerprint density at radius 1 is 1.40 bits per heavy atom. The van der Waals surface area contributed by atoms with Gasteiger partial charge in [0.2, 0.25) is 0 Å². The van der Waals surface area contributed by atoms with Gasteiger partial charge in [-0.2, -0.15) is 0 Å². The quantitative estimate of drug-likeness (QED) is 0.349. The summed E-state index contributed by atoms with van der Waals surface area (Å²) in [5, 5.41) is 0.776. The molecule has 0 heterocycles. The normalized spacial score (nSPS) is 9.80. The number of amides is 1. The Bertz CT molecular complexity index is 424. The monoisotopic (exact) mass is 263 g/mol. The van der Waals surface area contributed by atoms with Gasteiger partial charge in [-0.05, 0) is 24.4 Å². The minimum absolute atomic E-state index is 0.121. The van der Waals surface area contributed by atoms with E-state index in [1.165, 1.54) is 6.07 Å². The molecule has 0 spiro atoms. The van der Waals surface area contributed by atoms with Crippen LogP contribution >= 0.6 is 35.4 Å². The fourth-order valence-electron chi connectivity index (χ4n) is 0.899. The first-order chi connectivity index (χ1) is 6.95. The summed E-state index contributed by atoms with van der Waals surface area (Å²) in [5.74, 6) is 4.72. The molecule has 0 aliphatic rings. The number of hydrazine groups is 1. The fourth-order valence-corrected chi connectivity index (χ4v) is 1.36. The first-order valence-electron chi connectivity index (χ1n) is 3.77. The minimum atomic E-state index is -0.602. The van der Waals surface area contributed by atoms with Gasteiger partial charge in [0.25, 0.3) is 5.91 Å². The maximum absolute atomic E-state index is 11.6. The van der Waals surface area contributed by atoms with Crippen LogP contribution in [0.4, 0.5) is 0 Å². The second kappa shape index (κ2) is 4.76. The van der Waals surface area contributed by atoms with E-state index in [4.69, 9.17) is 34.8 Å². The van der Waals surface area contributed by atoms with Gasteiger partial charge < -0.3 is 5.73 Å². The number of thiocarbonyl (C=S) groups is 1. The van der Waals surface area contributed by atoms with Crippen molar-refractivity contribution in [2.24, 2.45) is 11.6 Å². The molecular weight excluding hydrogens is 257 g/mol. The molecule has 0 aliphatic carbocycles. The molecule has 0 aliphatic heterocycles. The second-order valence-electron chi connectivity index (χ2n) is 2.61. The van der Waals surface area contributed by atoms with E-state index >= 15 is 0 Å². The van der Waals surface area contributed by atoms with Crippen LogP contribution in [0.2, 0.25) is 10.0 Å². The van der Waals surface area contributed by atoms with E-state index in [9.17, 15) is 4.79 Å². The molecule has 0 atom stereocenters. The molecule has 0 unspecified atom stereocenters. The predicted molar refractivity (Wildman–Crippen MR) is 63.6 cm³/mol. The minimum Gasteiger partial charge on any atom is -0.375 e. The number of carbonyl (C=O) groups excluding carboxylic acids is 1. The van der Waals surface area contributed by atoms with Crippen LogP contribution in [-0.4, -0.2) is 16.0 Å². The SMILES string of the molecule is NC(=S)N(N)C(=O)c1cccc(Cl)c1Cl. The zero-order valence-electron chi connectivity index (χ0n) is 7.41. The lowest BCUT2D eigenvalue weighted by Crippen LogP contribution is -2.45. The van der Waals surface area contributed by atoms with Gasteiger partial charge in [0.15, 0.2) is 5.11 Å². The molecule has 0 radical (unpaired) electrons. The van der Waals surface area contributed by atoms with E-state index in [1.54, 1.807) is 12.1 Å². The molecule has 1 aromatic carbocycles. The van der Waals surface area contributed by atoms with Gasteiger partial charge >= 0.3 is 0 Å². The molecule has 0 saturated heterocycles. The predicted octanol–water partition coefficient (Wildman–Crippen LogP) is 1.55. The Kier molecular flexibility index (Phi) is 3.87. The smallest absolute Gasteiger partial charge is 0.275 e. The van der Waals surface area contributed by atoms with Crippen LogP contribution < -0.4 is 11.6 Å². The average molecular weight is 264 g/mol. The lowest BCUT2D eigenvalue weighted by molar-refractivity contribution is 0.0848. The summed E-state index contributed by atoms with van der Waals surface area (Å²) < 4.78 is 0. The highest BCUT2D eigenvalue weighted by Crippen LogP contribution is 2.25. The lowest BCUT2D eigenvalue weighted by Gasteiger charge is -2.14. The molecule has 0 bridgehead atoms. The molecule has 0 fully saturated rings. The molecule has 7 heteroatoms. The number of rotatable bonds is 1. The fraction of sp³-hybridized carbons (Fsp3) is 0. The Morgan fingerprint density at radius 2 is 2.00 bits per heavy atom. The number of hydrogen-bond donors (Lipinski definition) is 2. The molecule has 1 rings (SSSR count). The number of hydrogen-bond acceptors (Lipinski definition) is 3. The van der Waals surface area contributed by atoms with Gasteiger partial charge in [-0.3, -0.25) is 4.79 Å². The lowest BCUT2D eigenvalue weighted by atomic mass is 10.2. The number of halogens is 2. The molecule has 15 heavy (non-hydrogen) atoms. The van der Waals surface area contributed by atoms with Crippen molar-refractivity contribution in [2.75, 3.05) is 0 Å². The van der Waals surface area contributed by atoms with E-state index in [-0.39, 0.29) is 20.7 Å². The second-order valence-corrected chi connectivity index (χ2v) is 3.82. The standard InChI is InChI=1S/C8H7Cl2N3OS/c9-5-3-1-2-4(6(5)10)7(14)13(12)8(11)15/h1-3H,12H2,(H2,11,15). The van der Waals surface area contributed by atoms with Crippen LogP contribution in [0.1, 0.15) is 10.4 Å². The summed E-state index contributed by atoms with van der Waals surface area (Å²) in [5.41, 5.74) is 5.35. The van der Waals surface area contributed by atoms with E-state index < -0.39 is 5.91 Å². The molecule has 80 valence electrons.